The van der Waals surface area contributed by atoms with Crippen LogP contribution in [0, 0.1) is 11.3 Å². The Hall–Kier alpha value is -7.15. The Morgan fingerprint density at radius 1 is 0.442 bits per heavy atom. The summed E-state index contributed by atoms with van der Waals surface area (Å²) in [7, 11) is 0. The van der Waals surface area contributed by atoms with Gasteiger partial charge in [-0.25, -0.2) is 0 Å². The monoisotopic (exact) mass is 660 g/mol. The van der Waals surface area contributed by atoms with Crippen LogP contribution in [0.2, 0.25) is 0 Å². The van der Waals surface area contributed by atoms with Crippen LogP contribution in [-0.4, -0.2) is 4.57 Å². The summed E-state index contributed by atoms with van der Waals surface area (Å²) in [5.74, 6) is 0. The molecular weight excluding hydrogens is 633 g/mol. The molecule has 0 aliphatic carbocycles. The van der Waals surface area contributed by atoms with E-state index in [4.69, 9.17) is 4.42 Å². The second kappa shape index (κ2) is 10.9. The average molecular weight is 661 g/mol. The van der Waals surface area contributed by atoms with Crippen LogP contribution >= 0.6 is 0 Å². The van der Waals surface area contributed by atoms with Crippen molar-refractivity contribution in [2.45, 2.75) is 0 Å². The lowest BCUT2D eigenvalue weighted by molar-refractivity contribution is 0.671. The molecule has 11 aromatic rings. The standard InChI is InChI=1S/C49H28N2O/c50-29-30-18-22-45-41(24-30)42-26-34(19-23-46(42)51(45)35-13-2-1-3-14-35)36-20-21-40(39-17-9-8-16-38(36)39)43-27-33-12-6-7-15-37(33)48-44-25-31-10-4-5-11-32(31)28-47(44)52-49(43)48/h1-28H. The maximum atomic E-state index is 9.81. The normalized spacial score (nSPS) is 11.8. The summed E-state index contributed by atoms with van der Waals surface area (Å²) in [6.07, 6.45) is 0. The van der Waals surface area contributed by atoms with Crippen molar-refractivity contribution in [3.8, 4) is 34.0 Å². The number of benzene rings is 9. The number of nitriles is 1. The third kappa shape index (κ3) is 4.13. The maximum absolute atomic E-state index is 9.81. The molecule has 3 heteroatoms. The van der Waals surface area contributed by atoms with Crippen LogP contribution in [-0.2, 0) is 0 Å². The van der Waals surface area contributed by atoms with Crippen LogP contribution in [0.4, 0.5) is 0 Å². The van der Waals surface area contributed by atoms with Crippen molar-refractivity contribution in [3.05, 3.63) is 175 Å². The van der Waals surface area contributed by atoms with Crippen LogP contribution in [0.3, 0.4) is 0 Å². The molecule has 52 heavy (non-hydrogen) atoms. The molecule has 0 saturated carbocycles. The third-order valence-electron chi connectivity index (χ3n) is 10.8. The van der Waals surface area contributed by atoms with Gasteiger partial charge in [-0.15, -0.1) is 0 Å². The summed E-state index contributed by atoms with van der Waals surface area (Å²) < 4.78 is 9.13. The topological polar surface area (TPSA) is 41.9 Å². The molecule has 0 aliphatic heterocycles. The van der Waals surface area contributed by atoms with Gasteiger partial charge in [-0.1, -0.05) is 109 Å². The molecule has 0 fully saturated rings. The van der Waals surface area contributed by atoms with Gasteiger partial charge in [-0.05, 0) is 110 Å². The van der Waals surface area contributed by atoms with Gasteiger partial charge in [0.1, 0.15) is 11.2 Å². The highest BCUT2D eigenvalue weighted by atomic mass is 16.3. The molecule has 0 saturated heterocycles. The maximum Gasteiger partial charge on any atom is 0.143 e. The Balaban J connectivity index is 1.16. The molecule has 0 unspecified atom stereocenters. The zero-order chi connectivity index (χ0) is 34.3. The van der Waals surface area contributed by atoms with Gasteiger partial charge in [0.05, 0.1) is 22.7 Å². The molecule has 0 atom stereocenters. The number of para-hydroxylation sites is 1. The predicted octanol–water partition coefficient (Wildman–Crippen LogP) is 13.3. The van der Waals surface area contributed by atoms with Crippen molar-refractivity contribution in [3.63, 3.8) is 0 Å². The van der Waals surface area contributed by atoms with Gasteiger partial charge in [0.2, 0.25) is 0 Å². The van der Waals surface area contributed by atoms with Gasteiger partial charge in [0, 0.05) is 32.8 Å². The van der Waals surface area contributed by atoms with E-state index in [2.05, 4.69) is 162 Å². The summed E-state index contributed by atoms with van der Waals surface area (Å²) in [6.45, 7) is 0. The highest BCUT2D eigenvalue weighted by molar-refractivity contribution is 6.25. The number of nitrogens with zero attached hydrogens (tertiary/aromatic N) is 2. The number of furan rings is 1. The summed E-state index contributed by atoms with van der Waals surface area (Å²) in [5, 5.41) is 21.4. The molecule has 2 aromatic heterocycles. The first-order valence-electron chi connectivity index (χ1n) is 17.6. The Labute approximate surface area is 298 Å². The fourth-order valence-corrected chi connectivity index (χ4v) is 8.41. The molecule has 0 bridgehead atoms. The first kappa shape index (κ1) is 28.7. The number of hydrogen-bond acceptors (Lipinski definition) is 2. The van der Waals surface area contributed by atoms with Crippen LogP contribution in [0.15, 0.2) is 174 Å². The first-order chi connectivity index (χ1) is 25.7. The van der Waals surface area contributed by atoms with E-state index in [1.54, 1.807) is 0 Å². The van der Waals surface area contributed by atoms with Crippen molar-refractivity contribution in [2.75, 3.05) is 0 Å². The number of fused-ring (bicyclic) bond motifs is 10. The summed E-state index contributed by atoms with van der Waals surface area (Å²) in [5.41, 5.74) is 10.3. The van der Waals surface area contributed by atoms with Gasteiger partial charge in [0.15, 0.2) is 0 Å². The minimum absolute atomic E-state index is 0.653. The SMILES string of the molecule is N#Cc1ccc2c(c1)c1cc(-c3ccc(-c4cc5ccccc5c5c4oc4cc6ccccc6cc45)c4ccccc34)ccc1n2-c1ccccc1. The van der Waals surface area contributed by atoms with E-state index in [1.165, 1.54) is 32.3 Å². The molecule has 0 radical (unpaired) electrons. The van der Waals surface area contributed by atoms with Crippen LogP contribution in [0.5, 0.6) is 0 Å². The van der Waals surface area contributed by atoms with Crippen molar-refractivity contribution in [1.82, 2.24) is 4.57 Å². The molecule has 11 rings (SSSR count). The van der Waals surface area contributed by atoms with E-state index in [0.29, 0.717) is 5.56 Å². The van der Waals surface area contributed by atoms with E-state index in [1.807, 2.05) is 18.2 Å². The predicted molar refractivity (Wildman–Crippen MR) is 216 cm³/mol. The van der Waals surface area contributed by atoms with Crippen molar-refractivity contribution < 1.29 is 4.42 Å². The summed E-state index contributed by atoms with van der Waals surface area (Å²) >= 11 is 0. The zero-order valence-electron chi connectivity index (χ0n) is 28.0. The molecule has 9 aromatic carbocycles. The lowest BCUT2D eigenvalue weighted by atomic mass is 9.89. The second-order valence-electron chi connectivity index (χ2n) is 13.6. The van der Waals surface area contributed by atoms with Gasteiger partial charge >= 0.3 is 0 Å². The quantitative estimate of drug-likeness (QED) is 0.189. The number of aromatic nitrogens is 1. The Morgan fingerprint density at radius 2 is 1.08 bits per heavy atom. The molecule has 0 spiro atoms. The van der Waals surface area contributed by atoms with E-state index < -0.39 is 0 Å². The molecule has 2 heterocycles. The van der Waals surface area contributed by atoms with Gasteiger partial charge in [-0.2, -0.15) is 5.26 Å². The Bertz CT molecular complexity index is 3300. The van der Waals surface area contributed by atoms with Crippen LogP contribution in [0.25, 0.3) is 104 Å². The highest BCUT2D eigenvalue weighted by Gasteiger charge is 2.20. The third-order valence-corrected chi connectivity index (χ3v) is 10.8. The zero-order valence-corrected chi connectivity index (χ0v) is 28.0. The average Bonchev–Trinajstić information content (AvgIpc) is 3.74. The largest absolute Gasteiger partial charge is 0.455 e. The highest BCUT2D eigenvalue weighted by Crippen LogP contribution is 2.45. The van der Waals surface area contributed by atoms with Gasteiger partial charge in [0.25, 0.3) is 0 Å². The van der Waals surface area contributed by atoms with Crippen molar-refractivity contribution in [1.29, 1.82) is 5.26 Å². The number of hydrogen-bond donors (Lipinski definition) is 0. The fourth-order valence-electron chi connectivity index (χ4n) is 8.41. The van der Waals surface area contributed by atoms with Gasteiger partial charge in [-0.3, -0.25) is 0 Å². The summed E-state index contributed by atoms with van der Waals surface area (Å²) in [4.78, 5) is 0. The molecule has 0 aliphatic rings. The Kier molecular flexibility index (Phi) is 6.02. The smallest absolute Gasteiger partial charge is 0.143 e. The molecule has 240 valence electrons. The van der Waals surface area contributed by atoms with E-state index in [-0.39, 0.29) is 0 Å². The lowest BCUT2D eigenvalue weighted by Gasteiger charge is -2.14. The molecule has 0 amide bonds. The Morgan fingerprint density at radius 3 is 1.87 bits per heavy atom. The van der Waals surface area contributed by atoms with E-state index >= 15 is 0 Å². The lowest BCUT2D eigenvalue weighted by Crippen LogP contribution is -1.93. The van der Waals surface area contributed by atoms with Crippen LogP contribution < -0.4 is 0 Å². The summed E-state index contributed by atoms with van der Waals surface area (Å²) in [6, 6.07) is 62.6. The number of rotatable bonds is 3. The fraction of sp³-hybridized carbons (Fsp3) is 0. The minimum atomic E-state index is 0.653. The van der Waals surface area contributed by atoms with Crippen molar-refractivity contribution in [2.24, 2.45) is 0 Å². The molecule has 3 nitrogen and oxygen atoms in total. The van der Waals surface area contributed by atoms with E-state index in [0.717, 1.165) is 71.7 Å². The molecular formula is C49H28N2O. The molecule has 0 N–H and O–H groups in total. The van der Waals surface area contributed by atoms with Crippen LogP contribution in [0.1, 0.15) is 5.56 Å². The van der Waals surface area contributed by atoms with Gasteiger partial charge < -0.3 is 8.98 Å². The second-order valence-corrected chi connectivity index (χ2v) is 13.6. The first-order valence-corrected chi connectivity index (χ1v) is 17.6. The van der Waals surface area contributed by atoms with Crippen molar-refractivity contribution >= 4 is 76.1 Å². The minimum Gasteiger partial charge on any atom is -0.455 e. The van der Waals surface area contributed by atoms with E-state index in [9.17, 15) is 5.26 Å².